The molecule has 0 saturated carbocycles. The summed E-state index contributed by atoms with van der Waals surface area (Å²) in [6.07, 6.45) is 1.06. The first-order valence-electron chi connectivity index (χ1n) is 8.41. The van der Waals surface area contributed by atoms with Crippen LogP contribution in [0.25, 0.3) is 0 Å². The molecule has 6 heteroatoms. The first kappa shape index (κ1) is 19.0. The van der Waals surface area contributed by atoms with Gasteiger partial charge in [-0.2, -0.15) is 0 Å². The van der Waals surface area contributed by atoms with Crippen LogP contribution >= 0.6 is 0 Å². The fraction of sp³-hybridized carbons (Fsp3) is 0.474. The standard InChI is InChI=1S/C19H27N3O3/c1-13-17(14(2)25-21-13)9-10-19(23)20-12-18(22(3)4)15-7-6-8-16(11-15)24-5/h6-8,11,18H,9-10,12H2,1-5H3,(H,20,23). The summed E-state index contributed by atoms with van der Waals surface area (Å²) in [5.41, 5.74) is 2.98. The molecule has 0 spiro atoms. The maximum absolute atomic E-state index is 12.2. The van der Waals surface area contributed by atoms with Gasteiger partial charge in [0.1, 0.15) is 11.5 Å². The molecule has 0 aliphatic heterocycles. The highest BCUT2D eigenvalue weighted by molar-refractivity contribution is 5.76. The number of likely N-dealkylation sites (N-methyl/N-ethyl adjacent to an activating group) is 1. The lowest BCUT2D eigenvalue weighted by atomic mass is 10.0. The Kier molecular flexibility index (Phi) is 6.58. The number of nitrogens with zero attached hydrogens (tertiary/aromatic N) is 2. The SMILES string of the molecule is COc1cccc(C(CNC(=O)CCc2c(C)noc2C)N(C)C)c1. The highest BCUT2D eigenvalue weighted by Crippen LogP contribution is 2.22. The Bertz CT molecular complexity index is 690. The van der Waals surface area contributed by atoms with Crippen LogP contribution in [-0.4, -0.2) is 43.7 Å². The first-order valence-corrected chi connectivity index (χ1v) is 8.41. The van der Waals surface area contributed by atoms with Crippen LogP contribution < -0.4 is 10.1 Å². The van der Waals surface area contributed by atoms with Gasteiger partial charge in [0.25, 0.3) is 0 Å². The average Bonchev–Trinajstić information content (AvgIpc) is 2.91. The minimum Gasteiger partial charge on any atom is -0.497 e. The molecule has 2 rings (SSSR count). The molecule has 1 N–H and O–H groups in total. The van der Waals surface area contributed by atoms with Crippen molar-refractivity contribution in [2.24, 2.45) is 0 Å². The first-order chi connectivity index (χ1) is 11.9. The second-order valence-corrected chi connectivity index (χ2v) is 6.36. The lowest BCUT2D eigenvalue weighted by Crippen LogP contribution is -2.34. The highest BCUT2D eigenvalue weighted by atomic mass is 16.5. The smallest absolute Gasteiger partial charge is 0.220 e. The number of aryl methyl sites for hydroxylation is 2. The lowest BCUT2D eigenvalue weighted by Gasteiger charge is -2.25. The van der Waals surface area contributed by atoms with Gasteiger partial charge >= 0.3 is 0 Å². The Morgan fingerprint density at radius 1 is 1.36 bits per heavy atom. The third-order valence-electron chi connectivity index (χ3n) is 4.38. The zero-order valence-corrected chi connectivity index (χ0v) is 15.6. The van der Waals surface area contributed by atoms with E-state index >= 15 is 0 Å². The zero-order chi connectivity index (χ0) is 18.4. The molecule has 0 saturated heterocycles. The van der Waals surface area contributed by atoms with Crippen molar-refractivity contribution in [1.82, 2.24) is 15.4 Å². The van der Waals surface area contributed by atoms with Crippen LogP contribution in [0, 0.1) is 13.8 Å². The number of rotatable bonds is 8. The minimum absolute atomic E-state index is 0.0229. The normalized spacial score (nSPS) is 12.2. The van der Waals surface area contributed by atoms with E-state index in [0.29, 0.717) is 19.4 Å². The van der Waals surface area contributed by atoms with E-state index in [-0.39, 0.29) is 11.9 Å². The van der Waals surface area contributed by atoms with Crippen molar-refractivity contribution in [3.8, 4) is 5.75 Å². The number of carbonyl (C=O) groups excluding carboxylic acids is 1. The van der Waals surface area contributed by atoms with Crippen LogP contribution in [0.15, 0.2) is 28.8 Å². The molecular formula is C19H27N3O3. The predicted molar refractivity (Wildman–Crippen MR) is 96.7 cm³/mol. The summed E-state index contributed by atoms with van der Waals surface area (Å²) in [6.45, 7) is 4.31. The summed E-state index contributed by atoms with van der Waals surface area (Å²) in [5, 5.41) is 6.95. The molecule has 0 aliphatic carbocycles. The predicted octanol–water partition coefficient (Wildman–Crippen LogP) is 2.65. The van der Waals surface area contributed by atoms with Crippen molar-refractivity contribution >= 4 is 5.91 Å². The van der Waals surface area contributed by atoms with Gasteiger partial charge in [-0.1, -0.05) is 17.3 Å². The number of carbonyl (C=O) groups is 1. The number of methoxy groups -OCH3 is 1. The van der Waals surface area contributed by atoms with E-state index in [0.717, 1.165) is 28.3 Å². The lowest BCUT2D eigenvalue weighted by molar-refractivity contribution is -0.121. The Balaban J connectivity index is 1.93. The van der Waals surface area contributed by atoms with Gasteiger partial charge < -0.3 is 19.5 Å². The van der Waals surface area contributed by atoms with Crippen LogP contribution in [0.1, 0.15) is 35.0 Å². The van der Waals surface area contributed by atoms with Crippen molar-refractivity contribution in [3.63, 3.8) is 0 Å². The van der Waals surface area contributed by atoms with Gasteiger partial charge in [0.05, 0.1) is 18.8 Å². The third-order valence-corrected chi connectivity index (χ3v) is 4.38. The maximum Gasteiger partial charge on any atom is 0.220 e. The number of amides is 1. The van der Waals surface area contributed by atoms with E-state index in [4.69, 9.17) is 9.26 Å². The summed E-state index contributed by atoms with van der Waals surface area (Å²) in [7, 11) is 5.65. The Morgan fingerprint density at radius 3 is 2.72 bits per heavy atom. The Hall–Kier alpha value is -2.34. The molecule has 0 radical (unpaired) electrons. The van der Waals surface area contributed by atoms with E-state index in [1.807, 2.05) is 52.2 Å². The van der Waals surface area contributed by atoms with Crippen LogP contribution in [0.5, 0.6) is 5.75 Å². The van der Waals surface area contributed by atoms with Crippen LogP contribution in [0.4, 0.5) is 0 Å². The molecule has 2 aromatic rings. The highest BCUT2D eigenvalue weighted by Gasteiger charge is 2.17. The second kappa shape index (κ2) is 8.67. The van der Waals surface area contributed by atoms with Crippen LogP contribution in [-0.2, 0) is 11.2 Å². The molecular weight excluding hydrogens is 318 g/mol. The van der Waals surface area contributed by atoms with Gasteiger partial charge in [0, 0.05) is 18.5 Å². The Labute approximate surface area is 149 Å². The summed E-state index contributed by atoms with van der Waals surface area (Å²) in [6, 6.07) is 8.00. The zero-order valence-electron chi connectivity index (χ0n) is 15.6. The topological polar surface area (TPSA) is 67.6 Å². The molecule has 25 heavy (non-hydrogen) atoms. The van der Waals surface area contributed by atoms with E-state index in [1.165, 1.54) is 0 Å². The molecule has 6 nitrogen and oxygen atoms in total. The average molecular weight is 345 g/mol. The largest absolute Gasteiger partial charge is 0.497 e. The molecule has 1 aromatic carbocycles. The molecule has 136 valence electrons. The fourth-order valence-corrected chi connectivity index (χ4v) is 2.84. The number of benzene rings is 1. The van der Waals surface area contributed by atoms with Gasteiger partial charge in [-0.25, -0.2) is 0 Å². The number of aromatic nitrogens is 1. The van der Waals surface area contributed by atoms with Gasteiger partial charge in [0.2, 0.25) is 5.91 Å². The summed E-state index contributed by atoms with van der Waals surface area (Å²) >= 11 is 0. The van der Waals surface area contributed by atoms with E-state index in [9.17, 15) is 4.79 Å². The van der Waals surface area contributed by atoms with Crippen molar-refractivity contribution in [2.75, 3.05) is 27.7 Å². The summed E-state index contributed by atoms with van der Waals surface area (Å²) < 4.78 is 10.4. The minimum atomic E-state index is 0.0229. The quantitative estimate of drug-likeness (QED) is 0.797. The molecule has 1 amide bonds. The Morgan fingerprint density at radius 2 is 2.12 bits per heavy atom. The van der Waals surface area contributed by atoms with E-state index in [2.05, 4.69) is 15.4 Å². The van der Waals surface area contributed by atoms with Gasteiger partial charge in [-0.15, -0.1) is 0 Å². The van der Waals surface area contributed by atoms with Crippen LogP contribution in [0.3, 0.4) is 0 Å². The number of hydrogen-bond donors (Lipinski definition) is 1. The van der Waals surface area contributed by atoms with Gasteiger partial charge in [-0.05, 0) is 52.1 Å². The summed E-state index contributed by atoms with van der Waals surface area (Å²) in [4.78, 5) is 14.3. The number of ether oxygens (including phenoxy) is 1. The second-order valence-electron chi connectivity index (χ2n) is 6.36. The van der Waals surface area contributed by atoms with Gasteiger partial charge in [0.15, 0.2) is 0 Å². The van der Waals surface area contributed by atoms with E-state index in [1.54, 1.807) is 7.11 Å². The van der Waals surface area contributed by atoms with Crippen LogP contribution in [0.2, 0.25) is 0 Å². The fourth-order valence-electron chi connectivity index (χ4n) is 2.84. The molecule has 1 unspecified atom stereocenters. The molecule has 0 bridgehead atoms. The van der Waals surface area contributed by atoms with Crippen molar-refractivity contribution in [3.05, 3.63) is 46.8 Å². The monoisotopic (exact) mass is 345 g/mol. The van der Waals surface area contributed by atoms with Gasteiger partial charge in [-0.3, -0.25) is 4.79 Å². The molecule has 1 aromatic heterocycles. The van der Waals surface area contributed by atoms with Crippen molar-refractivity contribution < 1.29 is 14.1 Å². The number of hydrogen-bond acceptors (Lipinski definition) is 5. The molecule has 1 heterocycles. The van der Waals surface area contributed by atoms with Crippen molar-refractivity contribution in [2.45, 2.75) is 32.7 Å². The molecule has 0 fully saturated rings. The molecule has 1 atom stereocenters. The number of nitrogens with one attached hydrogen (secondary N) is 1. The van der Waals surface area contributed by atoms with Crippen molar-refractivity contribution in [1.29, 1.82) is 0 Å². The molecule has 0 aliphatic rings. The third kappa shape index (κ3) is 5.06. The maximum atomic E-state index is 12.2. The summed E-state index contributed by atoms with van der Waals surface area (Å²) in [5.74, 6) is 1.62. The van der Waals surface area contributed by atoms with E-state index < -0.39 is 0 Å².